The Bertz CT molecular complexity index is 1080. The second-order valence-corrected chi connectivity index (χ2v) is 8.48. The standard InChI is InChI=1S/C27H27NO4/c1-27(2,26(31)32)18-24(29)22-11-9-20(10-12-22)21-13-15-23(16-14-21)28-25(30)17-8-19-6-4-3-5-7-19/h3-7,9-16H,8,17-18H2,1-2H3,(H,28,30)(H,31,32). The smallest absolute Gasteiger partial charge is 0.309 e. The Morgan fingerprint density at radius 3 is 1.94 bits per heavy atom. The summed E-state index contributed by atoms with van der Waals surface area (Å²) in [5.74, 6) is -1.22. The Labute approximate surface area is 188 Å². The summed E-state index contributed by atoms with van der Waals surface area (Å²) in [5.41, 5.74) is 3.14. The predicted octanol–water partition coefficient (Wildman–Crippen LogP) is 5.61. The van der Waals surface area contributed by atoms with Crippen LogP contribution in [0, 0.1) is 5.41 Å². The third-order valence-electron chi connectivity index (χ3n) is 5.37. The molecule has 0 bridgehead atoms. The molecule has 0 spiro atoms. The van der Waals surface area contributed by atoms with Crippen LogP contribution < -0.4 is 5.32 Å². The van der Waals surface area contributed by atoms with E-state index < -0.39 is 11.4 Å². The van der Waals surface area contributed by atoms with Gasteiger partial charge in [-0.2, -0.15) is 0 Å². The maximum absolute atomic E-state index is 12.4. The number of anilines is 1. The number of nitrogens with one attached hydrogen (secondary N) is 1. The van der Waals surface area contributed by atoms with Crippen molar-refractivity contribution in [3.8, 4) is 11.1 Å². The van der Waals surface area contributed by atoms with Crippen molar-refractivity contribution in [1.82, 2.24) is 0 Å². The highest BCUT2D eigenvalue weighted by atomic mass is 16.4. The van der Waals surface area contributed by atoms with Gasteiger partial charge in [0.15, 0.2) is 5.78 Å². The Hall–Kier alpha value is -3.73. The first kappa shape index (κ1) is 22.9. The highest BCUT2D eigenvalue weighted by Gasteiger charge is 2.30. The number of amides is 1. The molecule has 3 aromatic carbocycles. The van der Waals surface area contributed by atoms with Crippen LogP contribution in [0.2, 0.25) is 0 Å². The summed E-state index contributed by atoms with van der Waals surface area (Å²) in [4.78, 5) is 35.8. The van der Waals surface area contributed by atoms with Crippen molar-refractivity contribution in [3.05, 3.63) is 90.0 Å². The molecule has 0 heterocycles. The van der Waals surface area contributed by atoms with Crippen molar-refractivity contribution in [3.63, 3.8) is 0 Å². The van der Waals surface area contributed by atoms with E-state index in [1.54, 1.807) is 26.0 Å². The van der Waals surface area contributed by atoms with Crippen LogP contribution in [0.1, 0.15) is 42.6 Å². The van der Waals surface area contributed by atoms with Gasteiger partial charge < -0.3 is 10.4 Å². The van der Waals surface area contributed by atoms with E-state index in [9.17, 15) is 19.5 Å². The number of ketones is 1. The largest absolute Gasteiger partial charge is 0.481 e. The van der Waals surface area contributed by atoms with Gasteiger partial charge in [0.2, 0.25) is 5.91 Å². The third kappa shape index (κ3) is 6.14. The van der Waals surface area contributed by atoms with E-state index in [-0.39, 0.29) is 18.1 Å². The summed E-state index contributed by atoms with van der Waals surface area (Å²) in [7, 11) is 0. The molecule has 0 aliphatic rings. The minimum atomic E-state index is -1.10. The lowest BCUT2D eigenvalue weighted by molar-refractivity contribution is -0.146. The number of carbonyl (C=O) groups is 3. The molecule has 164 valence electrons. The number of hydrogen-bond donors (Lipinski definition) is 2. The molecule has 32 heavy (non-hydrogen) atoms. The Morgan fingerprint density at radius 2 is 1.38 bits per heavy atom. The highest BCUT2D eigenvalue weighted by Crippen LogP contribution is 2.26. The first-order valence-corrected chi connectivity index (χ1v) is 10.6. The molecule has 0 aliphatic carbocycles. The summed E-state index contributed by atoms with van der Waals surface area (Å²) in [5, 5.41) is 12.1. The van der Waals surface area contributed by atoms with Crippen molar-refractivity contribution in [2.45, 2.75) is 33.1 Å². The van der Waals surface area contributed by atoms with Gasteiger partial charge in [0, 0.05) is 24.1 Å². The van der Waals surface area contributed by atoms with Gasteiger partial charge in [0.1, 0.15) is 0 Å². The maximum atomic E-state index is 12.4. The minimum absolute atomic E-state index is 0.0336. The van der Waals surface area contributed by atoms with Gasteiger partial charge in [-0.15, -0.1) is 0 Å². The number of carboxylic acids is 1. The zero-order valence-electron chi connectivity index (χ0n) is 18.3. The fraction of sp³-hybridized carbons (Fsp3) is 0.222. The summed E-state index contributed by atoms with van der Waals surface area (Å²) in [6.07, 6.45) is 1.06. The van der Waals surface area contributed by atoms with E-state index in [1.807, 2.05) is 66.7 Å². The molecule has 0 radical (unpaired) electrons. The van der Waals surface area contributed by atoms with Crippen molar-refractivity contribution >= 4 is 23.3 Å². The maximum Gasteiger partial charge on any atom is 0.309 e. The molecule has 0 atom stereocenters. The summed E-state index contributed by atoms with van der Waals surface area (Å²) in [6, 6.07) is 24.5. The van der Waals surface area contributed by atoms with Crippen molar-refractivity contribution < 1.29 is 19.5 Å². The number of aryl methyl sites for hydroxylation is 1. The SMILES string of the molecule is CC(C)(CC(=O)c1ccc(-c2ccc(NC(=O)CCc3ccccc3)cc2)cc1)C(=O)O. The van der Waals surface area contributed by atoms with Crippen LogP contribution in [0.25, 0.3) is 11.1 Å². The van der Waals surface area contributed by atoms with E-state index in [0.717, 1.165) is 22.4 Å². The molecular formula is C27H27NO4. The Morgan fingerprint density at radius 1 is 0.812 bits per heavy atom. The van der Waals surface area contributed by atoms with E-state index in [1.165, 1.54) is 0 Å². The molecular weight excluding hydrogens is 402 g/mol. The van der Waals surface area contributed by atoms with Crippen LogP contribution in [-0.2, 0) is 16.0 Å². The van der Waals surface area contributed by atoms with Crippen molar-refractivity contribution in [1.29, 1.82) is 0 Å². The van der Waals surface area contributed by atoms with E-state index in [2.05, 4.69) is 5.32 Å². The molecule has 0 aromatic heterocycles. The number of rotatable bonds is 9. The molecule has 3 aromatic rings. The van der Waals surface area contributed by atoms with E-state index in [4.69, 9.17) is 0 Å². The second kappa shape index (κ2) is 10.1. The zero-order valence-corrected chi connectivity index (χ0v) is 18.3. The normalized spacial score (nSPS) is 11.1. The van der Waals surface area contributed by atoms with Crippen LogP contribution in [0.4, 0.5) is 5.69 Å². The van der Waals surface area contributed by atoms with Gasteiger partial charge >= 0.3 is 5.97 Å². The highest BCUT2D eigenvalue weighted by molar-refractivity contribution is 5.99. The topological polar surface area (TPSA) is 83.5 Å². The van der Waals surface area contributed by atoms with Gasteiger partial charge in [-0.1, -0.05) is 66.7 Å². The summed E-state index contributed by atoms with van der Waals surface area (Å²) >= 11 is 0. The number of carbonyl (C=O) groups excluding carboxylic acids is 2. The van der Waals surface area contributed by atoms with Crippen LogP contribution in [0.3, 0.4) is 0 Å². The molecule has 0 aliphatic heterocycles. The van der Waals surface area contributed by atoms with Crippen LogP contribution in [0.15, 0.2) is 78.9 Å². The number of aliphatic carboxylic acids is 1. The third-order valence-corrected chi connectivity index (χ3v) is 5.37. The molecule has 0 saturated carbocycles. The van der Waals surface area contributed by atoms with Crippen molar-refractivity contribution in [2.24, 2.45) is 5.41 Å². The Kier molecular flexibility index (Phi) is 7.21. The number of benzene rings is 3. The van der Waals surface area contributed by atoms with E-state index in [0.29, 0.717) is 18.4 Å². The van der Waals surface area contributed by atoms with Gasteiger partial charge in [0.25, 0.3) is 0 Å². The first-order valence-electron chi connectivity index (χ1n) is 10.6. The summed E-state index contributed by atoms with van der Waals surface area (Å²) in [6.45, 7) is 3.09. The average molecular weight is 430 g/mol. The molecule has 0 saturated heterocycles. The number of hydrogen-bond acceptors (Lipinski definition) is 3. The van der Waals surface area contributed by atoms with Gasteiger partial charge in [-0.25, -0.2) is 0 Å². The van der Waals surface area contributed by atoms with Crippen LogP contribution >= 0.6 is 0 Å². The second-order valence-electron chi connectivity index (χ2n) is 8.48. The molecule has 2 N–H and O–H groups in total. The lowest BCUT2D eigenvalue weighted by Crippen LogP contribution is -2.26. The fourth-order valence-corrected chi connectivity index (χ4v) is 3.30. The van der Waals surface area contributed by atoms with Gasteiger partial charge in [-0.3, -0.25) is 14.4 Å². The average Bonchev–Trinajstić information content (AvgIpc) is 2.78. The summed E-state index contributed by atoms with van der Waals surface area (Å²) < 4.78 is 0. The molecule has 0 unspecified atom stereocenters. The molecule has 0 fully saturated rings. The zero-order chi connectivity index (χ0) is 23.1. The lowest BCUT2D eigenvalue weighted by Gasteiger charge is -2.17. The van der Waals surface area contributed by atoms with Crippen LogP contribution in [0.5, 0.6) is 0 Å². The number of Topliss-reactive ketones (excluding diaryl/α,β-unsaturated/α-hetero) is 1. The Balaban J connectivity index is 1.58. The van der Waals surface area contributed by atoms with Gasteiger partial charge in [0.05, 0.1) is 5.41 Å². The van der Waals surface area contributed by atoms with Crippen molar-refractivity contribution in [2.75, 3.05) is 5.32 Å². The molecule has 5 heteroatoms. The monoisotopic (exact) mass is 429 g/mol. The molecule has 5 nitrogen and oxygen atoms in total. The van der Waals surface area contributed by atoms with E-state index >= 15 is 0 Å². The van der Waals surface area contributed by atoms with Gasteiger partial charge in [-0.05, 0) is 49.1 Å². The fourth-order valence-electron chi connectivity index (χ4n) is 3.30. The molecule has 1 amide bonds. The number of carboxylic acid groups (broad SMARTS) is 1. The lowest BCUT2D eigenvalue weighted by atomic mass is 9.85. The predicted molar refractivity (Wildman–Crippen MR) is 126 cm³/mol. The quantitative estimate of drug-likeness (QED) is 0.433. The first-order chi connectivity index (χ1) is 15.2. The minimum Gasteiger partial charge on any atom is -0.481 e. The molecule has 3 rings (SSSR count). The van der Waals surface area contributed by atoms with Crippen LogP contribution in [-0.4, -0.2) is 22.8 Å².